The van der Waals surface area contributed by atoms with Crippen LogP contribution in [0.5, 0.6) is 0 Å². The summed E-state index contributed by atoms with van der Waals surface area (Å²) >= 11 is 0. The molecule has 2 atom stereocenters. The van der Waals surface area contributed by atoms with Gasteiger partial charge in [0.2, 0.25) is 5.91 Å². The summed E-state index contributed by atoms with van der Waals surface area (Å²) in [4.78, 5) is 23.1. The molecule has 1 aromatic carbocycles. The van der Waals surface area contributed by atoms with Gasteiger partial charge in [-0.15, -0.1) is 0 Å². The molecule has 1 aromatic rings. The standard InChI is InChI=1S/C15H17NO3/c1-9-4-2-3-5-10(9)11-8-12(11)13(17)16-15(6-7-15)14(18)19/h2-5,11-12H,6-8H2,1H3,(H,16,17)(H,18,19)/t11-,12-/m1/s1. The van der Waals surface area contributed by atoms with Crippen LogP contribution in [-0.2, 0) is 9.59 Å². The molecule has 19 heavy (non-hydrogen) atoms. The van der Waals surface area contributed by atoms with Crippen LogP contribution in [0.1, 0.15) is 36.3 Å². The van der Waals surface area contributed by atoms with Gasteiger partial charge in [0.05, 0.1) is 0 Å². The van der Waals surface area contributed by atoms with E-state index in [-0.39, 0.29) is 17.7 Å². The first-order valence-electron chi connectivity index (χ1n) is 6.64. The van der Waals surface area contributed by atoms with Gasteiger partial charge in [-0.05, 0) is 43.2 Å². The fourth-order valence-corrected chi connectivity index (χ4v) is 2.68. The lowest BCUT2D eigenvalue weighted by molar-refractivity contribution is -0.143. The monoisotopic (exact) mass is 259 g/mol. The molecule has 0 spiro atoms. The number of carboxylic acids is 1. The maximum atomic E-state index is 12.1. The molecule has 0 aliphatic heterocycles. The van der Waals surface area contributed by atoms with Crippen LogP contribution in [0.15, 0.2) is 24.3 Å². The van der Waals surface area contributed by atoms with E-state index in [9.17, 15) is 9.59 Å². The quantitative estimate of drug-likeness (QED) is 0.867. The number of hydrogen-bond donors (Lipinski definition) is 2. The van der Waals surface area contributed by atoms with E-state index in [1.54, 1.807) is 0 Å². The highest BCUT2D eigenvalue weighted by atomic mass is 16.4. The van der Waals surface area contributed by atoms with Gasteiger partial charge in [0.1, 0.15) is 5.54 Å². The molecule has 100 valence electrons. The molecule has 2 aliphatic rings. The average molecular weight is 259 g/mol. The molecular weight excluding hydrogens is 242 g/mol. The minimum Gasteiger partial charge on any atom is -0.480 e. The first-order chi connectivity index (χ1) is 9.03. The van der Waals surface area contributed by atoms with Crippen molar-refractivity contribution in [1.82, 2.24) is 5.32 Å². The highest BCUT2D eigenvalue weighted by Gasteiger charge is 2.54. The Morgan fingerprint density at radius 1 is 1.32 bits per heavy atom. The van der Waals surface area contributed by atoms with Gasteiger partial charge in [0, 0.05) is 5.92 Å². The van der Waals surface area contributed by atoms with Crippen LogP contribution >= 0.6 is 0 Å². The zero-order valence-electron chi connectivity index (χ0n) is 10.8. The topological polar surface area (TPSA) is 66.4 Å². The first-order valence-corrected chi connectivity index (χ1v) is 6.64. The van der Waals surface area contributed by atoms with E-state index in [1.165, 1.54) is 11.1 Å². The molecule has 0 unspecified atom stereocenters. The largest absolute Gasteiger partial charge is 0.480 e. The van der Waals surface area contributed by atoms with Crippen molar-refractivity contribution in [3.05, 3.63) is 35.4 Å². The van der Waals surface area contributed by atoms with Crippen LogP contribution < -0.4 is 5.32 Å². The maximum Gasteiger partial charge on any atom is 0.329 e. The van der Waals surface area contributed by atoms with Gasteiger partial charge in [-0.3, -0.25) is 4.79 Å². The predicted octanol–water partition coefficient (Wildman–Crippen LogP) is 1.83. The molecule has 4 heteroatoms. The molecular formula is C15H17NO3. The molecule has 2 aliphatic carbocycles. The van der Waals surface area contributed by atoms with Crippen molar-refractivity contribution in [3.63, 3.8) is 0 Å². The van der Waals surface area contributed by atoms with Gasteiger partial charge in [-0.25, -0.2) is 4.79 Å². The lowest BCUT2D eigenvalue weighted by atomic mass is 10.0. The molecule has 1 amide bonds. The number of aliphatic carboxylic acids is 1. The smallest absolute Gasteiger partial charge is 0.329 e. The van der Waals surface area contributed by atoms with Crippen molar-refractivity contribution in [3.8, 4) is 0 Å². The predicted molar refractivity (Wildman–Crippen MR) is 69.8 cm³/mol. The SMILES string of the molecule is Cc1ccccc1[C@H]1C[C@H]1C(=O)NC1(C(=O)O)CC1. The van der Waals surface area contributed by atoms with E-state index < -0.39 is 11.5 Å². The third-order valence-electron chi connectivity index (χ3n) is 4.24. The van der Waals surface area contributed by atoms with E-state index in [1.807, 2.05) is 25.1 Å². The molecule has 3 rings (SSSR count). The second-order valence-corrected chi connectivity index (χ2v) is 5.68. The van der Waals surface area contributed by atoms with Crippen LogP contribution in [0, 0.1) is 12.8 Å². The Hall–Kier alpha value is -1.84. The van der Waals surface area contributed by atoms with Crippen molar-refractivity contribution in [2.24, 2.45) is 5.92 Å². The van der Waals surface area contributed by atoms with Gasteiger partial charge >= 0.3 is 5.97 Å². The number of rotatable bonds is 4. The number of carbonyl (C=O) groups is 2. The minimum atomic E-state index is -0.962. The summed E-state index contributed by atoms with van der Waals surface area (Å²) in [5.41, 5.74) is 1.45. The van der Waals surface area contributed by atoms with Crippen LogP contribution in [0.2, 0.25) is 0 Å². The van der Waals surface area contributed by atoms with Gasteiger partial charge in [-0.2, -0.15) is 0 Å². The zero-order valence-corrected chi connectivity index (χ0v) is 10.8. The van der Waals surface area contributed by atoms with Crippen LogP contribution in [-0.4, -0.2) is 22.5 Å². The molecule has 2 fully saturated rings. The fraction of sp³-hybridized carbons (Fsp3) is 0.467. The number of carbonyl (C=O) groups excluding carboxylic acids is 1. The second kappa shape index (κ2) is 4.08. The summed E-state index contributed by atoms with van der Waals surface area (Å²) in [6, 6.07) is 8.06. The highest BCUT2D eigenvalue weighted by Crippen LogP contribution is 2.49. The van der Waals surface area contributed by atoms with Crippen LogP contribution in [0.25, 0.3) is 0 Å². The summed E-state index contributed by atoms with van der Waals surface area (Å²) in [6.07, 6.45) is 1.93. The molecule has 2 N–H and O–H groups in total. The summed E-state index contributed by atoms with van der Waals surface area (Å²) < 4.78 is 0. The van der Waals surface area contributed by atoms with E-state index in [0.29, 0.717) is 12.8 Å². The Balaban J connectivity index is 1.66. The summed E-state index contributed by atoms with van der Waals surface area (Å²) in [6.45, 7) is 2.04. The lowest BCUT2D eigenvalue weighted by Crippen LogP contribution is -2.43. The van der Waals surface area contributed by atoms with Gasteiger partial charge < -0.3 is 10.4 Å². The molecule has 0 radical (unpaired) electrons. The number of nitrogens with one attached hydrogen (secondary N) is 1. The van der Waals surface area contributed by atoms with Crippen molar-refractivity contribution in [1.29, 1.82) is 0 Å². The summed E-state index contributed by atoms with van der Waals surface area (Å²) in [5, 5.41) is 11.8. The molecule has 0 saturated heterocycles. The lowest BCUT2D eigenvalue weighted by Gasteiger charge is -2.12. The van der Waals surface area contributed by atoms with Crippen molar-refractivity contribution in [2.75, 3.05) is 0 Å². The number of carboxylic acid groups (broad SMARTS) is 1. The number of benzene rings is 1. The minimum absolute atomic E-state index is 0.0575. The van der Waals surface area contributed by atoms with Gasteiger partial charge in [-0.1, -0.05) is 24.3 Å². The fourth-order valence-electron chi connectivity index (χ4n) is 2.68. The van der Waals surface area contributed by atoms with Crippen molar-refractivity contribution in [2.45, 2.75) is 37.6 Å². The zero-order chi connectivity index (χ0) is 13.6. The van der Waals surface area contributed by atoms with Crippen molar-refractivity contribution < 1.29 is 14.7 Å². The number of amides is 1. The van der Waals surface area contributed by atoms with E-state index in [4.69, 9.17) is 5.11 Å². The summed E-state index contributed by atoms with van der Waals surface area (Å²) in [5.74, 6) is -0.814. The molecule has 0 bridgehead atoms. The maximum absolute atomic E-state index is 12.1. The molecule has 0 heterocycles. The van der Waals surface area contributed by atoms with Crippen molar-refractivity contribution >= 4 is 11.9 Å². The molecule has 2 saturated carbocycles. The Bertz CT molecular complexity index is 548. The Morgan fingerprint density at radius 3 is 2.58 bits per heavy atom. The van der Waals surface area contributed by atoms with Gasteiger partial charge in [0.15, 0.2) is 0 Å². The van der Waals surface area contributed by atoms with Crippen LogP contribution in [0.4, 0.5) is 0 Å². The molecule has 0 aromatic heterocycles. The van der Waals surface area contributed by atoms with E-state index in [2.05, 4.69) is 11.4 Å². The van der Waals surface area contributed by atoms with E-state index in [0.717, 1.165) is 6.42 Å². The summed E-state index contributed by atoms with van der Waals surface area (Å²) in [7, 11) is 0. The number of hydrogen-bond acceptors (Lipinski definition) is 2. The molecule has 4 nitrogen and oxygen atoms in total. The second-order valence-electron chi connectivity index (χ2n) is 5.68. The Kier molecular flexibility index (Phi) is 2.62. The normalized spacial score (nSPS) is 26.6. The Morgan fingerprint density at radius 2 is 2.00 bits per heavy atom. The Labute approximate surface area is 111 Å². The highest BCUT2D eigenvalue weighted by molar-refractivity contribution is 5.92. The average Bonchev–Trinajstić information content (AvgIpc) is 3.23. The third kappa shape index (κ3) is 2.11. The number of aryl methyl sites for hydroxylation is 1. The van der Waals surface area contributed by atoms with Crippen LogP contribution in [0.3, 0.4) is 0 Å². The first kappa shape index (κ1) is 12.2. The van der Waals surface area contributed by atoms with Gasteiger partial charge in [0.25, 0.3) is 0 Å². The van der Waals surface area contributed by atoms with E-state index >= 15 is 0 Å². The third-order valence-corrected chi connectivity index (χ3v) is 4.24.